The smallest absolute Gasteiger partial charge is 0.303 e. The predicted molar refractivity (Wildman–Crippen MR) is 141 cm³/mol. The summed E-state index contributed by atoms with van der Waals surface area (Å²) in [6.45, 7) is 8.62. The number of aliphatic carboxylic acids is 1. The molecule has 37 heavy (non-hydrogen) atoms. The van der Waals surface area contributed by atoms with Crippen LogP contribution in [-0.4, -0.2) is 64.6 Å². The van der Waals surface area contributed by atoms with Crippen LogP contribution in [-0.2, 0) is 15.0 Å². The number of hydrogen-bond acceptors (Lipinski definition) is 8. The number of carboxylic acids is 1. The van der Waals surface area contributed by atoms with Crippen molar-refractivity contribution >= 4 is 29.3 Å². The molecule has 0 saturated carbocycles. The summed E-state index contributed by atoms with van der Waals surface area (Å²) >= 11 is 0. The number of carbonyl (C=O) groups excluding carboxylic acids is 2. The van der Waals surface area contributed by atoms with Crippen molar-refractivity contribution in [1.82, 2.24) is 15.6 Å². The maximum absolute atomic E-state index is 12.8. The van der Waals surface area contributed by atoms with Crippen LogP contribution in [0.1, 0.15) is 66.6 Å². The molecule has 1 aliphatic heterocycles. The van der Waals surface area contributed by atoms with Gasteiger partial charge in [-0.2, -0.15) is 0 Å². The van der Waals surface area contributed by atoms with Gasteiger partial charge in [0, 0.05) is 25.1 Å². The second-order valence-electron chi connectivity index (χ2n) is 10.4. The highest BCUT2D eigenvalue weighted by molar-refractivity contribution is 5.99. The number of guanidine groups is 1. The number of β-amino-alcohol motifs (C(OH)–C–C–N with tert-alkyl or cyclic N) is 1. The number of pyridine rings is 1. The molecule has 10 nitrogen and oxygen atoms in total. The van der Waals surface area contributed by atoms with Crippen molar-refractivity contribution in [3.8, 4) is 0 Å². The van der Waals surface area contributed by atoms with Gasteiger partial charge >= 0.3 is 5.97 Å². The van der Waals surface area contributed by atoms with E-state index in [1.165, 1.54) is 12.4 Å². The molecule has 3 rings (SSSR count). The Morgan fingerprint density at radius 3 is 2.54 bits per heavy atom. The molecule has 1 aliphatic rings. The number of aliphatic hydroxyl groups is 1. The summed E-state index contributed by atoms with van der Waals surface area (Å²) in [5, 5.41) is 27.5. The molecular weight excluding hydrogens is 474 g/mol. The Balaban J connectivity index is 1.64. The normalized spacial score (nSPS) is 16.2. The largest absolute Gasteiger partial charge is 0.481 e. The van der Waals surface area contributed by atoms with Crippen LogP contribution >= 0.6 is 0 Å². The number of Topliss-reactive ketones (excluding diaryl/α,β-unsaturated/α-hetero) is 1. The lowest BCUT2D eigenvalue weighted by atomic mass is 9.81. The van der Waals surface area contributed by atoms with Crippen LogP contribution in [0.25, 0.3) is 0 Å². The van der Waals surface area contributed by atoms with Gasteiger partial charge in [0.25, 0.3) is 5.91 Å². The summed E-state index contributed by atoms with van der Waals surface area (Å²) in [6, 6.07) is 7.55. The van der Waals surface area contributed by atoms with Crippen molar-refractivity contribution in [2.75, 3.05) is 25.0 Å². The zero-order chi connectivity index (χ0) is 27.2. The summed E-state index contributed by atoms with van der Waals surface area (Å²) in [6.07, 6.45) is 2.19. The van der Waals surface area contributed by atoms with Crippen LogP contribution in [0.3, 0.4) is 0 Å². The second-order valence-corrected chi connectivity index (χ2v) is 10.4. The van der Waals surface area contributed by atoms with Gasteiger partial charge in [0.15, 0.2) is 11.7 Å². The molecule has 1 unspecified atom stereocenters. The van der Waals surface area contributed by atoms with E-state index in [4.69, 9.17) is 0 Å². The molecule has 5 N–H and O–H groups in total. The number of aliphatic imine (C=N–C) groups is 1. The van der Waals surface area contributed by atoms with Crippen molar-refractivity contribution in [3.63, 3.8) is 0 Å². The Kier molecular flexibility index (Phi) is 8.99. The molecule has 2 aromatic rings. The zero-order valence-electron chi connectivity index (χ0n) is 21.7. The third-order valence-electron chi connectivity index (χ3n) is 6.01. The number of hydrogen-bond donors (Lipinski definition) is 5. The topological polar surface area (TPSA) is 153 Å². The van der Waals surface area contributed by atoms with Crippen molar-refractivity contribution in [3.05, 3.63) is 58.9 Å². The van der Waals surface area contributed by atoms with E-state index in [9.17, 15) is 24.6 Å². The van der Waals surface area contributed by atoms with E-state index < -0.39 is 23.9 Å². The van der Waals surface area contributed by atoms with E-state index in [-0.39, 0.29) is 42.7 Å². The highest BCUT2D eigenvalue weighted by Crippen LogP contribution is 2.30. The van der Waals surface area contributed by atoms with Crippen molar-refractivity contribution in [2.45, 2.75) is 58.0 Å². The molecule has 2 atom stereocenters. The Hall–Kier alpha value is -3.79. The van der Waals surface area contributed by atoms with Crippen LogP contribution < -0.4 is 16.0 Å². The molecule has 0 aliphatic carbocycles. The number of carboxylic acid groups (broad SMARTS) is 1. The summed E-state index contributed by atoms with van der Waals surface area (Å²) in [5.41, 5.74) is 3.55. The molecule has 2 heterocycles. The van der Waals surface area contributed by atoms with Gasteiger partial charge < -0.3 is 26.2 Å². The molecule has 198 valence electrons. The fourth-order valence-corrected chi connectivity index (χ4v) is 4.01. The van der Waals surface area contributed by atoms with Gasteiger partial charge in [-0.1, -0.05) is 44.5 Å². The number of nitrogens with one attached hydrogen (secondary N) is 3. The average Bonchev–Trinajstić information content (AvgIpc) is 2.82. The van der Waals surface area contributed by atoms with Gasteiger partial charge in [0.2, 0.25) is 0 Å². The zero-order valence-corrected chi connectivity index (χ0v) is 21.7. The number of nitrogens with zero attached hydrogens (tertiary/aromatic N) is 2. The monoisotopic (exact) mass is 509 g/mol. The molecule has 0 bridgehead atoms. The Morgan fingerprint density at radius 2 is 1.89 bits per heavy atom. The predicted octanol–water partition coefficient (Wildman–Crippen LogP) is 2.37. The van der Waals surface area contributed by atoms with Crippen LogP contribution in [0.5, 0.6) is 0 Å². The quantitative estimate of drug-likeness (QED) is 0.345. The lowest BCUT2D eigenvalue weighted by Gasteiger charge is -2.23. The minimum Gasteiger partial charge on any atom is -0.481 e. The average molecular weight is 510 g/mol. The number of anilines is 1. The highest BCUT2D eigenvalue weighted by atomic mass is 16.4. The third kappa shape index (κ3) is 8.38. The first kappa shape index (κ1) is 27.8. The second kappa shape index (κ2) is 12.0. The minimum atomic E-state index is -0.984. The van der Waals surface area contributed by atoms with Gasteiger partial charge in [0.05, 0.1) is 43.1 Å². The van der Waals surface area contributed by atoms with Crippen LogP contribution in [0.15, 0.2) is 41.7 Å². The number of aryl methyl sites for hydroxylation is 1. The van der Waals surface area contributed by atoms with Crippen LogP contribution in [0.4, 0.5) is 5.69 Å². The lowest BCUT2D eigenvalue weighted by molar-refractivity contribution is -0.137. The maximum Gasteiger partial charge on any atom is 0.303 e. The Bertz CT molecular complexity index is 1190. The Morgan fingerprint density at radius 1 is 1.14 bits per heavy atom. The molecule has 0 saturated heterocycles. The number of benzene rings is 1. The van der Waals surface area contributed by atoms with Crippen LogP contribution in [0, 0.1) is 6.92 Å². The van der Waals surface area contributed by atoms with Gasteiger partial charge in [0.1, 0.15) is 0 Å². The summed E-state index contributed by atoms with van der Waals surface area (Å²) in [5.74, 6) is -1.75. The summed E-state index contributed by atoms with van der Waals surface area (Å²) < 4.78 is 0. The van der Waals surface area contributed by atoms with Gasteiger partial charge in [-0.15, -0.1) is 0 Å². The van der Waals surface area contributed by atoms with Crippen molar-refractivity contribution in [2.24, 2.45) is 4.99 Å². The van der Waals surface area contributed by atoms with E-state index in [0.717, 1.165) is 16.7 Å². The van der Waals surface area contributed by atoms with Gasteiger partial charge in [-0.3, -0.25) is 24.4 Å². The number of aliphatic hydroxyl groups excluding tert-OH is 1. The number of rotatable bonds is 9. The molecule has 0 fully saturated rings. The maximum atomic E-state index is 12.8. The van der Waals surface area contributed by atoms with Gasteiger partial charge in [-0.25, -0.2) is 0 Å². The molecule has 0 spiro atoms. The molecule has 1 aromatic heterocycles. The van der Waals surface area contributed by atoms with Crippen molar-refractivity contribution < 1.29 is 24.6 Å². The first-order chi connectivity index (χ1) is 17.4. The number of amides is 1. The molecule has 1 aromatic carbocycles. The molecular formula is C27H35N5O5. The minimum absolute atomic E-state index is 0.00317. The number of carbonyl (C=O) groups is 3. The van der Waals surface area contributed by atoms with E-state index in [0.29, 0.717) is 18.2 Å². The lowest BCUT2D eigenvalue weighted by Crippen LogP contribution is -2.42. The van der Waals surface area contributed by atoms with Gasteiger partial charge in [-0.05, 0) is 29.5 Å². The molecule has 10 heteroatoms. The Labute approximate surface area is 216 Å². The van der Waals surface area contributed by atoms with E-state index in [2.05, 4.69) is 52.8 Å². The van der Waals surface area contributed by atoms with Crippen LogP contribution in [0.2, 0.25) is 0 Å². The number of aromatic nitrogens is 1. The highest BCUT2D eigenvalue weighted by Gasteiger charge is 2.23. The summed E-state index contributed by atoms with van der Waals surface area (Å²) in [4.78, 5) is 45.2. The first-order valence-electron chi connectivity index (χ1n) is 12.2. The fraction of sp³-hybridized carbons (Fsp3) is 0.444. The molecule has 1 amide bonds. The fourth-order valence-electron chi connectivity index (χ4n) is 4.01. The van der Waals surface area contributed by atoms with E-state index in [1.807, 2.05) is 19.1 Å². The van der Waals surface area contributed by atoms with E-state index in [1.54, 1.807) is 6.07 Å². The van der Waals surface area contributed by atoms with E-state index >= 15 is 0 Å². The standard InChI is InChI=1S/C27H35N5O5/c1-16-5-17(7-20(6-16)27(2,3)4)18(10-24(35)36)9-22(33)13-29-25(37)19-8-21(12-28-11-19)32-26-30-14-23(34)15-31-26/h5-8,11-12,18,23,34H,9-10,13-15H2,1-4H3,(H,29,37)(H,35,36)(H2,30,31,32)/t18-/m0/s1. The molecule has 0 radical (unpaired) electrons. The first-order valence-corrected chi connectivity index (χ1v) is 12.2. The summed E-state index contributed by atoms with van der Waals surface area (Å²) in [7, 11) is 0. The SMILES string of the molecule is Cc1cc([C@H](CC(=O)O)CC(=O)CNC(=O)c2cncc(NC3=NCC(O)CN3)c2)cc(C(C)(C)C)c1. The third-order valence-corrected chi connectivity index (χ3v) is 6.01. The van der Waals surface area contributed by atoms with Crippen molar-refractivity contribution in [1.29, 1.82) is 0 Å². The number of ketones is 1.